The van der Waals surface area contributed by atoms with Crippen LogP contribution in [0.2, 0.25) is 0 Å². The summed E-state index contributed by atoms with van der Waals surface area (Å²) in [5.74, 6) is 0.890. The Morgan fingerprint density at radius 3 is 2.06 bits per heavy atom. The highest BCUT2D eigenvalue weighted by molar-refractivity contribution is 6.09. The number of nitrogens with zero attached hydrogens (tertiary/aromatic N) is 4. The van der Waals surface area contributed by atoms with Crippen LogP contribution in [0.4, 0.5) is 0 Å². The van der Waals surface area contributed by atoms with Crippen molar-refractivity contribution in [3.63, 3.8) is 0 Å². The number of hydrogen-bond donors (Lipinski definition) is 0. The van der Waals surface area contributed by atoms with Crippen molar-refractivity contribution >= 4 is 21.8 Å². The van der Waals surface area contributed by atoms with Gasteiger partial charge in [0.05, 0.1) is 16.7 Å². The molecule has 4 heteroatoms. The first kappa shape index (κ1) is 18.5. The number of aryl methyl sites for hydroxylation is 1. The van der Waals surface area contributed by atoms with Crippen molar-refractivity contribution in [1.29, 1.82) is 0 Å². The van der Waals surface area contributed by atoms with Gasteiger partial charge in [-0.1, -0.05) is 29.8 Å². The smallest absolute Gasteiger partial charge is 0.138 e. The molecule has 0 saturated carbocycles. The van der Waals surface area contributed by atoms with Crippen LogP contribution in [-0.2, 0) is 0 Å². The molecule has 0 aliphatic rings. The number of rotatable bonds is 3. The molecule has 152 valence electrons. The van der Waals surface area contributed by atoms with Gasteiger partial charge in [-0.2, -0.15) is 0 Å². The van der Waals surface area contributed by atoms with Crippen LogP contribution in [0.5, 0.6) is 0 Å². The van der Waals surface area contributed by atoms with Gasteiger partial charge in [0.1, 0.15) is 5.82 Å². The molecule has 0 N–H and O–H groups in total. The highest BCUT2D eigenvalue weighted by atomic mass is 15.1. The molecule has 6 aromatic rings. The normalized spacial score (nSPS) is 11.3. The lowest BCUT2D eigenvalue weighted by Crippen LogP contribution is -2.00. The van der Waals surface area contributed by atoms with Crippen LogP contribution in [0.3, 0.4) is 0 Å². The minimum absolute atomic E-state index is 0.890. The minimum Gasteiger partial charge on any atom is -0.294 e. The van der Waals surface area contributed by atoms with E-state index >= 15 is 0 Å². The Morgan fingerprint density at radius 1 is 0.594 bits per heavy atom. The number of fused-ring (bicyclic) bond motifs is 3. The highest BCUT2D eigenvalue weighted by Crippen LogP contribution is 2.34. The minimum atomic E-state index is 0.890. The summed E-state index contributed by atoms with van der Waals surface area (Å²) >= 11 is 0. The fourth-order valence-electron chi connectivity index (χ4n) is 4.35. The summed E-state index contributed by atoms with van der Waals surface area (Å²) in [6.07, 6.45) is 7.26. The van der Waals surface area contributed by atoms with Crippen molar-refractivity contribution in [2.45, 2.75) is 6.92 Å². The summed E-state index contributed by atoms with van der Waals surface area (Å²) in [5.41, 5.74) is 7.70. The van der Waals surface area contributed by atoms with Gasteiger partial charge in [-0.25, -0.2) is 4.98 Å². The van der Waals surface area contributed by atoms with Crippen LogP contribution in [-0.4, -0.2) is 19.5 Å². The van der Waals surface area contributed by atoms with Gasteiger partial charge in [0.15, 0.2) is 0 Å². The van der Waals surface area contributed by atoms with Gasteiger partial charge in [-0.05, 0) is 72.6 Å². The van der Waals surface area contributed by atoms with Gasteiger partial charge in [-0.3, -0.25) is 14.5 Å². The van der Waals surface area contributed by atoms with Crippen LogP contribution in [0.15, 0.2) is 104 Å². The fourth-order valence-corrected chi connectivity index (χ4v) is 4.35. The summed E-state index contributed by atoms with van der Waals surface area (Å²) in [4.78, 5) is 13.5. The first-order valence-electron chi connectivity index (χ1n) is 10.6. The lowest BCUT2D eigenvalue weighted by atomic mass is 10.0. The van der Waals surface area contributed by atoms with Crippen LogP contribution >= 0.6 is 0 Å². The molecule has 4 nitrogen and oxygen atoms in total. The number of pyridine rings is 3. The van der Waals surface area contributed by atoms with E-state index in [0.717, 1.165) is 39.2 Å². The van der Waals surface area contributed by atoms with Gasteiger partial charge in [0, 0.05) is 41.1 Å². The maximum atomic E-state index is 5.11. The van der Waals surface area contributed by atoms with Crippen molar-refractivity contribution in [3.05, 3.63) is 109 Å². The zero-order valence-electron chi connectivity index (χ0n) is 17.6. The van der Waals surface area contributed by atoms with E-state index in [4.69, 9.17) is 4.98 Å². The molecule has 0 amide bonds. The molecule has 0 aliphatic heterocycles. The third-order valence-electron chi connectivity index (χ3n) is 5.86. The second kappa shape index (κ2) is 7.43. The average Bonchev–Trinajstić information content (AvgIpc) is 3.18. The summed E-state index contributed by atoms with van der Waals surface area (Å²) in [6.45, 7) is 2.13. The van der Waals surface area contributed by atoms with Crippen LogP contribution < -0.4 is 0 Å². The van der Waals surface area contributed by atoms with Gasteiger partial charge < -0.3 is 0 Å². The zero-order valence-corrected chi connectivity index (χ0v) is 17.6. The molecule has 6 rings (SSSR count). The molecule has 0 radical (unpaired) electrons. The SMILES string of the molecule is Cc1ccc2c(c1)c1ccccc1n2-c1cc(-c2ccncc2)cc(-c2ccncc2)n1. The molecule has 0 atom stereocenters. The second-order valence-electron chi connectivity index (χ2n) is 7.94. The predicted molar refractivity (Wildman–Crippen MR) is 130 cm³/mol. The fraction of sp³-hybridized carbons (Fsp3) is 0.0357. The third kappa shape index (κ3) is 3.05. The Labute approximate surface area is 185 Å². The summed E-state index contributed by atoms with van der Waals surface area (Å²) in [6, 6.07) is 27.5. The lowest BCUT2D eigenvalue weighted by Gasteiger charge is -2.12. The van der Waals surface area contributed by atoms with Gasteiger partial charge in [0.25, 0.3) is 0 Å². The summed E-state index contributed by atoms with van der Waals surface area (Å²) in [5, 5.41) is 2.47. The Kier molecular flexibility index (Phi) is 4.29. The van der Waals surface area contributed by atoms with Gasteiger partial charge in [-0.15, -0.1) is 0 Å². The van der Waals surface area contributed by atoms with E-state index in [2.05, 4.69) is 76.1 Å². The molecule has 0 bridgehead atoms. The Hall–Kier alpha value is -4.31. The van der Waals surface area contributed by atoms with Gasteiger partial charge in [0.2, 0.25) is 0 Å². The van der Waals surface area contributed by atoms with E-state index in [1.807, 2.05) is 36.7 Å². The average molecular weight is 412 g/mol. The second-order valence-corrected chi connectivity index (χ2v) is 7.94. The van der Waals surface area contributed by atoms with E-state index in [-0.39, 0.29) is 0 Å². The van der Waals surface area contributed by atoms with E-state index in [1.54, 1.807) is 12.4 Å². The number of para-hydroxylation sites is 1. The van der Waals surface area contributed by atoms with Crippen LogP contribution in [0.25, 0.3) is 50.0 Å². The van der Waals surface area contributed by atoms with E-state index < -0.39 is 0 Å². The van der Waals surface area contributed by atoms with Crippen LogP contribution in [0, 0.1) is 6.92 Å². The topological polar surface area (TPSA) is 43.6 Å². The molecular weight excluding hydrogens is 392 g/mol. The van der Waals surface area contributed by atoms with Crippen molar-refractivity contribution in [2.24, 2.45) is 0 Å². The van der Waals surface area contributed by atoms with Crippen molar-refractivity contribution in [3.8, 4) is 28.2 Å². The van der Waals surface area contributed by atoms with Crippen LogP contribution in [0.1, 0.15) is 5.56 Å². The number of benzene rings is 2. The van der Waals surface area contributed by atoms with E-state index in [0.29, 0.717) is 0 Å². The van der Waals surface area contributed by atoms with E-state index in [9.17, 15) is 0 Å². The maximum Gasteiger partial charge on any atom is 0.138 e. The van der Waals surface area contributed by atoms with Crippen molar-refractivity contribution in [2.75, 3.05) is 0 Å². The molecule has 32 heavy (non-hydrogen) atoms. The van der Waals surface area contributed by atoms with Gasteiger partial charge >= 0.3 is 0 Å². The lowest BCUT2D eigenvalue weighted by molar-refractivity contribution is 1.08. The maximum absolute atomic E-state index is 5.11. The third-order valence-corrected chi connectivity index (χ3v) is 5.86. The Bertz CT molecular complexity index is 1510. The molecule has 0 fully saturated rings. The number of aromatic nitrogens is 4. The van der Waals surface area contributed by atoms with Crippen molar-refractivity contribution in [1.82, 2.24) is 19.5 Å². The molecule has 4 aromatic heterocycles. The standard InChI is InChI=1S/C28H20N4/c1-19-6-7-27-24(16-19)23-4-2-3-5-26(23)32(27)28-18-22(20-8-12-29-13-9-20)17-25(31-28)21-10-14-30-15-11-21/h2-18H,1H3. The molecule has 0 saturated heterocycles. The molecule has 0 unspecified atom stereocenters. The Balaban J connectivity index is 1.70. The summed E-state index contributed by atoms with van der Waals surface area (Å²) in [7, 11) is 0. The largest absolute Gasteiger partial charge is 0.294 e. The predicted octanol–water partition coefficient (Wildman–Crippen LogP) is 6.61. The highest BCUT2D eigenvalue weighted by Gasteiger charge is 2.15. The Morgan fingerprint density at radius 2 is 1.28 bits per heavy atom. The zero-order chi connectivity index (χ0) is 21.5. The number of hydrogen-bond acceptors (Lipinski definition) is 3. The first-order valence-corrected chi connectivity index (χ1v) is 10.6. The summed E-state index contributed by atoms with van der Waals surface area (Å²) < 4.78 is 2.26. The molecule has 2 aromatic carbocycles. The molecular formula is C28H20N4. The van der Waals surface area contributed by atoms with E-state index in [1.165, 1.54) is 16.3 Å². The molecule has 0 aliphatic carbocycles. The molecule has 4 heterocycles. The quantitative estimate of drug-likeness (QED) is 0.328. The molecule has 0 spiro atoms. The monoisotopic (exact) mass is 412 g/mol. The first-order chi connectivity index (χ1) is 15.8. The van der Waals surface area contributed by atoms with Crippen molar-refractivity contribution < 1.29 is 0 Å².